The molecule has 0 atom stereocenters. The quantitative estimate of drug-likeness (QED) is 0.514. The van der Waals surface area contributed by atoms with Crippen LogP contribution < -0.4 is 0 Å². The standard InChI is InChI=1S/C21H21NS2/c1-2-4-17-16(3-1)8-18(24-17)20-22-19(12-23-20)21-9-13-5-14(10-21)7-15(6-13)11-21/h1-4,8,12-15H,5-7,9-11H2. The average Bonchev–Trinajstić information content (AvgIpc) is 3.21. The van der Waals surface area contributed by atoms with Gasteiger partial charge in [0, 0.05) is 15.5 Å². The first-order valence-corrected chi connectivity index (χ1v) is 10.9. The van der Waals surface area contributed by atoms with Gasteiger partial charge < -0.3 is 0 Å². The minimum atomic E-state index is 0.431. The molecular formula is C21H21NS2. The van der Waals surface area contributed by atoms with Crippen LogP contribution in [-0.2, 0) is 5.41 Å². The van der Waals surface area contributed by atoms with Gasteiger partial charge in [0.05, 0.1) is 10.6 Å². The summed E-state index contributed by atoms with van der Waals surface area (Å²) in [6, 6.07) is 11.0. The Morgan fingerprint density at radius 1 is 0.958 bits per heavy atom. The minimum Gasteiger partial charge on any atom is -0.240 e. The zero-order valence-corrected chi connectivity index (χ0v) is 15.3. The smallest absolute Gasteiger partial charge is 0.133 e. The highest BCUT2D eigenvalue weighted by Crippen LogP contribution is 2.60. The molecule has 0 unspecified atom stereocenters. The normalized spacial score (nSPS) is 34.2. The van der Waals surface area contributed by atoms with Gasteiger partial charge in [0.2, 0.25) is 0 Å². The van der Waals surface area contributed by atoms with E-state index in [0.29, 0.717) is 5.41 Å². The first kappa shape index (κ1) is 14.0. The third kappa shape index (κ3) is 2.01. The van der Waals surface area contributed by atoms with Crippen molar-refractivity contribution >= 4 is 32.8 Å². The van der Waals surface area contributed by atoms with Gasteiger partial charge in [0.1, 0.15) is 5.01 Å². The van der Waals surface area contributed by atoms with Crippen molar-refractivity contribution in [3.63, 3.8) is 0 Å². The molecule has 4 saturated carbocycles. The number of fused-ring (bicyclic) bond motifs is 1. The van der Waals surface area contributed by atoms with Gasteiger partial charge in [-0.3, -0.25) is 0 Å². The topological polar surface area (TPSA) is 12.9 Å². The number of thiazole rings is 1. The van der Waals surface area contributed by atoms with Gasteiger partial charge in [-0.2, -0.15) is 0 Å². The summed E-state index contributed by atoms with van der Waals surface area (Å²) in [5.74, 6) is 2.97. The lowest BCUT2D eigenvalue weighted by molar-refractivity contribution is -0.00688. The summed E-state index contributed by atoms with van der Waals surface area (Å²) < 4.78 is 1.37. The van der Waals surface area contributed by atoms with Crippen molar-refractivity contribution in [2.24, 2.45) is 17.8 Å². The van der Waals surface area contributed by atoms with Gasteiger partial charge in [-0.1, -0.05) is 18.2 Å². The molecule has 0 spiro atoms. The van der Waals surface area contributed by atoms with Crippen LogP contribution in [0.1, 0.15) is 44.2 Å². The Bertz CT molecular complexity index is 850. The number of hydrogen-bond acceptors (Lipinski definition) is 3. The Hall–Kier alpha value is -1.19. The molecule has 4 fully saturated rings. The molecule has 0 saturated heterocycles. The molecule has 4 aliphatic carbocycles. The third-order valence-electron chi connectivity index (χ3n) is 6.72. The van der Waals surface area contributed by atoms with E-state index in [-0.39, 0.29) is 0 Å². The predicted molar refractivity (Wildman–Crippen MR) is 103 cm³/mol. The zero-order chi connectivity index (χ0) is 15.7. The summed E-state index contributed by atoms with van der Waals surface area (Å²) in [5.41, 5.74) is 1.86. The van der Waals surface area contributed by atoms with Crippen LogP contribution in [0.2, 0.25) is 0 Å². The van der Waals surface area contributed by atoms with E-state index in [1.165, 1.54) is 64.2 Å². The van der Waals surface area contributed by atoms with Crippen LogP contribution in [0.4, 0.5) is 0 Å². The molecule has 0 amide bonds. The fourth-order valence-electron chi connectivity index (χ4n) is 6.14. The summed E-state index contributed by atoms with van der Waals surface area (Å²) in [6.07, 6.45) is 8.75. The molecule has 0 aliphatic heterocycles. The fraction of sp³-hybridized carbons (Fsp3) is 0.476. The first-order valence-electron chi connectivity index (χ1n) is 9.22. The molecule has 1 aromatic carbocycles. The van der Waals surface area contributed by atoms with Crippen molar-refractivity contribution < 1.29 is 0 Å². The van der Waals surface area contributed by atoms with Crippen LogP contribution in [0.25, 0.3) is 20.0 Å². The van der Waals surface area contributed by atoms with Gasteiger partial charge >= 0.3 is 0 Å². The van der Waals surface area contributed by atoms with Crippen molar-refractivity contribution in [1.29, 1.82) is 0 Å². The molecular weight excluding hydrogens is 330 g/mol. The molecule has 3 heteroatoms. The van der Waals surface area contributed by atoms with Gasteiger partial charge in [-0.15, -0.1) is 22.7 Å². The first-order chi connectivity index (χ1) is 11.8. The molecule has 122 valence electrons. The van der Waals surface area contributed by atoms with Crippen molar-refractivity contribution in [3.8, 4) is 9.88 Å². The number of hydrogen-bond donors (Lipinski definition) is 0. The van der Waals surface area contributed by atoms with Gasteiger partial charge in [-0.05, 0) is 73.8 Å². The van der Waals surface area contributed by atoms with Crippen LogP contribution in [0.15, 0.2) is 35.7 Å². The summed E-state index contributed by atoms with van der Waals surface area (Å²) in [7, 11) is 0. The van der Waals surface area contributed by atoms with E-state index in [9.17, 15) is 0 Å². The molecule has 7 rings (SSSR count). The summed E-state index contributed by atoms with van der Waals surface area (Å²) in [4.78, 5) is 6.54. The van der Waals surface area contributed by atoms with Crippen LogP contribution in [-0.4, -0.2) is 4.98 Å². The molecule has 2 aromatic heterocycles. The van der Waals surface area contributed by atoms with Crippen molar-refractivity contribution in [1.82, 2.24) is 4.98 Å². The highest BCUT2D eigenvalue weighted by atomic mass is 32.1. The third-order valence-corrected chi connectivity index (χ3v) is 8.85. The number of thiophene rings is 1. The van der Waals surface area contributed by atoms with Crippen LogP contribution >= 0.6 is 22.7 Å². The lowest BCUT2D eigenvalue weighted by Crippen LogP contribution is -2.48. The zero-order valence-electron chi connectivity index (χ0n) is 13.7. The van der Waals surface area contributed by atoms with E-state index < -0.39 is 0 Å². The maximum Gasteiger partial charge on any atom is 0.133 e. The Morgan fingerprint density at radius 3 is 2.38 bits per heavy atom. The Morgan fingerprint density at radius 2 is 1.67 bits per heavy atom. The van der Waals surface area contributed by atoms with Crippen LogP contribution in [0, 0.1) is 17.8 Å². The van der Waals surface area contributed by atoms with Gasteiger partial charge in [0.15, 0.2) is 0 Å². The molecule has 4 bridgehead atoms. The molecule has 2 heterocycles. The van der Waals surface area contributed by atoms with Crippen molar-refractivity contribution in [3.05, 3.63) is 41.4 Å². The van der Waals surface area contributed by atoms with Crippen LogP contribution in [0.5, 0.6) is 0 Å². The van der Waals surface area contributed by atoms with Gasteiger partial charge in [-0.25, -0.2) is 4.98 Å². The van der Waals surface area contributed by atoms with E-state index in [0.717, 1.165) is 17.8 Å². The molecule has 24 heavy (non-hydrogen) atoms. The average molecular weight is 352 g/mol. The van der Waals surface area contributed by atoms with E-state index in [4.69, 9.17) is 4.98 Å². The summed E-state index contributed by atoms with van der Waals surface area (Å²) in [6.45, 7) is 0. The monoisotopic (exact) mass is 351 g/mol. The number of benzene rings is 1. The maximum atomic E-state index is 5.19. The van der Waals surface area contributed by atoms with Crippen LogP contribution in [0.3, 0.4) is 0 Å². The number of nitrogens with zero attached hydrogens (tertiary/aromatic N) is 1. The molecule has 0 radical (unpaired) electrons. The van der Waals surface area contributed by atoms with E-state index in [1.807, 2.05) is 22.7 Å². The SMILES string of the molecule is c1ccc2sc(-c3nc(C45CC6CC(CC(C6)C4)C5)cs3)cc2c1. The van der Waals surface area contributed by atoms with Gasteiger partial charge in [0.25, 0.3) is 0 Å². The number of rotatable bonds is 2. The summed E-state index contributed by atoms with van der Waals surface area (Å²) >= 11 is 3.75. The molecule has 4 aliphatic rings. The summed E-state index contributed by atoms with van der Waals surface area (Å²) in [5, 5.41) is 4.98. The van der Waals surface area contributed by atoms with E-state index in [2.05, 4.69) is 35.7 Å². The minimum absolute atomic E-state index is 0.431. The second kappa shape index (κ2) is 4.92. The van der Waals surface area contributed by atoms with E-state index >= 15 is 0 Å². The Balaban J connectivity index is 1.40. The molecule has 3 aromatic rings. The second-order valence-corrected chi connectivity index (χ2v) is 10.3. The largest absolute Gasteiger partial charge is 0.240 e. The lowest BCUT2D eigenvalue weighted by atomic mass is 9.49. The fourth-order valence-corrected chi connectivity index (χ4v) is 8.21. The van der Waals surface area contributed by atoms with E-state index in [1.54, 1.807) is 0 Å². The van der Waals surface area contributed by atoms with Crippen molar-refractivity contribution in [2.75, 3.05) is 0 Å². The second-order valence-electron chi connectivity index (χ2n) is 8.38. The Labute approximate surface area is 150 Å². The highest BCUT2D eigenvalue weighted by molar-refractivity contribution is 7.25. The lowest BCUT2D eigenvalue weighted by Gasteiger charge is -2.56. The maximum absolute atomic E-state index is 5.19. The Kier molecular flexibility index (Phi) is 2.88. The van der Waals surface area contributed by atoms with Crippen molar-refractivity contribution in [2.45, 2.75) is 43.9 Å². The molecule has 0 N–H and O–H groups in total. The number of aromatic nitrogens is 1. The highest BCUT2D eigenvalue weighted by Gasteiger charge is 2.52. The molecule has 1 nitrogen and oxygen atoms in total. The predicted octanol–water partition coefficient (Wildman–Crippen LogP) is 6.49.